The lowest BCUT2D eigenvalue weighted by molar-refractivity contribution is -0.140. The summed E-state index contributed by atoms with van der Waals surface area (Å²) < 4.78 is 4.54. The molecule has 0 aliphatic rings. The molecule has 92 valence electrons. The Labute approximate surface area is 101 Å². The van der Waals surface area contributed by atoms with Gasteiger partial charge in [0.05, 0.1) is 7.11 Å². The maximum absolute atomic E-state index is 11.7. The largest absolute Gasteiger partial charge is 0.469 e. The maximum Gasteiger partial charge on any atom is 0.305 e. The Morgan fingerprint density at radius 3 is 2.53 bits per heavy atom. The van der Waals surface area contributed by atoms with Crippen LogP contribution in [0.25, 0.3) is 0 Å². The van der Waals surface area contributed by atoms with E-state index in [-0.39, 0.29) is 17.9 Å². The van der Waals surface area contributed by atoms with Gasteiger partial charge in [0, 0.05) is 18.0 Å². The monoisotopic (exact) mass is 235 g/mol. The van der Waals surface area contributed by atoms with Crippen molar-refractivity contribution >= 4 is 11.9 Å². The van der Waals surface area contributed by atoms with E-state index < -0.39 is 0 Å². The standard InChI is InChI=1S/C13H17NO3/c1-10(8-9-12(15)17-2)14-13(16)11-6-4-3-5-7-11/h3-7,10H,8-9H2,1-2H3,(H,14,16). The summed E-state index contributed by atoms with van der Waals surface area (Å²) in [4.78, 5) is 22.7. The van der Waals surface area contributed by atoms with Crippen LogP contribution in [0.5, 0.6) is 0 Å². The first-order valence-corrected chi connectivity index (χ1v) is 5.56. The molecule has 1 amide bonds. The molecule has 0 bridgehead atoms. The zero-order valence-corrected chi connectivity index (χ0v) is 10.1. The zero-order chi connectivity index (χ0) is 12.7. The van der Waals surface area contributed by atoms with Crippen molar-refractivity contribution in [1.29, 1.82) is 0 Å². The van der Waals surface area contributed by atoms with E-state index in [1.54, 1.807) is 12.1 Å². The van der Waals surface area contributed by atoms with Crippen molar-refractivity contribution in [1.82, 2.24) is 5.32 Å². The average molecular weight is 235 g/mol. The van der Waals surface area contributed by atoms with Crippen molar-refractivity contribution in [3.63, 3.8) is 0 Å². The summed E-state index contributed by atoms with van der Waals surface area (Å²) in [6.07, 6.45) is 0.887. The molecule has 0 spiro atoms. The molecule has 0 saturated carbocycles. The summed E-state index contributed by atoms with van der Waals surface area (Å²) in [6, 6.07) is 8.94. The number of amides is 1. The highest BCUT2D eigenvalue weighted by atomic mass is 16.5. The molecule has 1 atom stereocenters. The van der Waals surface area contributed by atoms with Crippen LogP contribution in [0.1, 0.15) is 30.1 Å². The third-order valence-electron chi connectivity index (χ3n) is 2.42. The van der Waals surface area contributed by atoms with Gasteiger partial charge in [-0.05, 0) is 25.5 Å². The van der Waals surface area contributed by atoms with Gasteiger partial charge in [0.25, 0.3) is 5.91 Å². The van der Waals surface area contributed by atoms with E-state index in [2.05, 4.69) is 10.1 Å². The number of hydrogen-bond acceptors (Lipinski definition) is 3. The van der Waals surface area contributed by atoms with E-state index in [4.69, 9.17) is 0 Å². The SMILES string of the molecule is COC(=O)CCC(C)NC(=O)c1ccccc1. The Bertz CT molecular complexity index is 376. The smallest absolute Gasteiger partial charge is 0.305 e. The van der Waals surface area contributed by atoms with Gasteiger partial charge in [-0.1, -0.05) is 18.2 Å². The van der Waals surface area contributed by atoms with Gasteiger partial charge in [-0.15, -0.1) is 0 Å². The Balaban J connectivity index is 2.39. The molecule has 1 aromatic carbocycles. The van der Waals surface area contributed by atoms with E-state index >= 15 is 0 Å². The molecule has 0 aliphatic carbocycles. The average Bonchev–Trinajstić information content (AvgIpc) is 2.36. The molecule has 17 heavy (non-hydrogen) atoms. The fourth-order valence-electron chi connectivity index (χ4n) is 1.41. The first-order chi connectivity index (χ1) is 8.13. The number of methoxy groups -OCH3 is 1. The first kappa shape index (κ1) is 13.2. The summed E-state index contributed by atoms with van der Waals surface area (Å²) in [6.45, 7) is 1.86. The fourth-order valence-corrected chi connectivity index (χ4v) is 1.41. The number of nitrogens with one attached hydrogen (secondary N) is 1. The van der Waals surface area contributed by atoms with Crippen molar-refractivity contribution in [2.24, 2.45) is 0 Å². The number of esters is 1. The van der Waals surface area contributed by atoms with Gasteiger partial charge in [0.1, 0.15) is 0 Å². The Morgan fingerprint density at radius 2 is 1.94 bits per heavy atom. The molecule has 0 radical (unpaired) electrons. The van der Waals surface area contributed by atoms with Crippen LogP contribution in [-0.4, -0.2) is 25.0 Å². The summed E-state index contributed by atoms with van der Waals surface area (Å²) in [5.41, 5.74) is 0.623. The molecule has 4 heteroatoms. The molecule has 0 fully saturated rings. The normalized spacial score (nSPS) is 11.6. The lowest BCUT2D eigenvalue weighted by Crippen LogP contribution is -2.32. The molecule has 0 saturated heterocycles. The number of carbonyl (C=O) groups is 2. The van der Waals surface area contributed by atoms with Gasteiger partial charge in [-0.3, -0.25) is 9.59 Å². The molecule has 0 heterocycles. The highest BCUT2D eigenvalue weighted by Crippen LogP contribution is 2.02. The van der Waals surface area contributed by atoms with Crippen molar-refractivity contribution < 1.29 is 14.3 Å². The van der Waals surface area contributed by atoms with Crippen LogP contribution in [0.4, 0.5) is 0 Å². The summed E-state index contributed by atoms with van der Waals surface area (Å²) in [5.74, 6) is -0.381. The molecule has 0 aliphatic heterocycles. The Morgan fingerprint density at radius 1 is 1.29 bits per heavy atom. The summed E-state index contributed by atoms with van der Waals surface area (Å²) >= 11 is 0. The van der Waals surface area contributed by atoms with Gasteiger partial charge in [0.2, 0.25) is 0 Å². The van der Waals surface area contributed by atoms with Crippen molar-refractivity contribution in [3.05, 3.63) is 35.9 Å². The van der Waals surface area contributed by atoms with Crippen LogP contribution < -0.4 is 5.32 Å². The molecule has 0 aromatic heterocycles. The Kier molecular flexibility index (Phi) is 5.20. The molecule has 1 unspecified atom stereocenters. The predicted molar refractivity (Wildman–Crippen MR) is 64.6 cm³/mol. The third-order valence-corrected chi connectivity index (χ3v) is 2.42. The molecular formula is C13H17NO3. The van der Waals surface area contributed by atoms with E-state index in [1.165, 1.54) is 7.11 Å². The summed E-state index contributed by atoms with van der Waals surface area (Å²) in [7, 11) is 1.36. The van der Waals surface area contributed by atoms with Crippen LogP contribution in [0, 0.1) is 0 Å². The summed E-state index contributed by atoms with van der Waals surface area (Å²) in [5, 5.41) is 2.83. The van der Waals surface area contributed by atoms with Crippen LogP contribution in [0.15, 0.2) is 30.3 Å². The molecular weight excluding hydrogens is 218 g/mol. The van der Waals surface area contributed by atoms with Gasteiger partial charge in [-0.2, -0.15) is 0 Å². The number of rotatable bonds is 5. The topological polar surface area (TPSA) is 55.4 Å². The highest BCUT2D eigenvalue weighted by molar-refractivity contribution is 5.94. The molecule has 1 rings (SSSR count). The van der Waals surface area contributed by atoms with E-state index in [1.807, 2.05) is 25.1 Å². The number of ether oxygens (including phenoxy) is 1. The lowest BCUT2D eigenvalue weighted by atomic mass is 10.1. The van der Waals surface area contributed by atoms with E-state index in [9.17, 15) is 9.59 Å². The van der Waals surface area contributed by atoms with Crippen LogP contribution in [-0.2, 0) is 9.53 Å². The van der Waals surface area contributed by atoms with E-state index in [0.29, 0.717) is 18.4 Å². The van der Waals surface area contributed by atoms with Crippen LogP contribution >= 0.6 is 0 Å². The van der Waals surface area contributed by atoms with Gasteiger partial charge in [0.15, 0.2) is 0 Å². The highest BCUT2D eigenvalue weighted by Gasteiger charge is 2.10. The van der Waals surface area contributed by atoms with Gasteiger partial charge in [-0.25, -0.2) is 0 Å². The molecule has 4 nitrogen and oxygen atoms in total. The minimum Gasteiger partial charge on any atom is -0.469 e. The maximum atomic E-state index is 11.7. The second-order valence-electron chi connectivity index (χ2n) is 3.86. The van der Waals surface area contributed by atoms with Gasteiger partial charge >= 0.3 is 5.97 Å². The minimum absolute atomic E-state index is 0.0539. The van der Waals surface area contributed by atoms with Crippen molar-refractivity contribution in [2.75, 3.05) is 7.11 Å². The second-order valence-corrected chi connectivity index (χ2v) is 3.86. The number of carbonyl (C=O) groups excluding carboxylic acids is 2. The number of hydrogen-bond donors (Lipinski definition) is 1. The fraction of sp³-hybridized carbons (Fsp3) is 0.385. The van der Waals surface area contributed by atoms with Crippen LogP contribution in [0.3, 0.4) is 0 Å². The van der Waals surface area contributed by atoms with Gasteiger partial charge < -0.3 is 10.1 Å². The second kappa shape index (κ2) is 6.68. The third kappa shape index (κ3) is 4.68. The van der Waals surface area contributed by atoms with E-state index in [0.717, 1.165) is 0 Å². The molecule has 1 aromatic rings. The molecule has 1 N–H and O–H groups in total. The number of benzene rings is 1. The predicted octanol–water partition coefficient (Wildman–Crippen LogP) is 1.76. The van der Waals surface area contributed by atoms with Crippen molar-refractivity contribution in [3.8, 4) is 0 Å². The van der Waals surface area contributed by atoms with Crippen LogP contribution in [0.2, 0.25) is 0 Å². The quantitative estimate of drug-likeness (QED) is 0.791. The van der Waals surface area contributed by atoms with Crippen molar-refractivity contribution in [2.45, 2.75) is 25.8 Å². The minimum atomic E-state index is -0.259. The zero-order valence-electron chi connectivity index (χ0n) is 10.1. The lowest BCUT2D eigenvalue weighted by Gasteiger charge is -2.13. The Hall–Kier alpha value is -1.84. The first-order valence-electron chi connectivity index (χ1n) is 5.56.